The number of amides is 2. The lowest BCUT2D eigenvalue weighted by atomic mass is 10.1. The molecular weight excluding hydrogens is 439 g/mol. The van der Waals surface area contributed by atoms with Crippen molar-refractivity contribution in [3.8, 4) is 0 Å². The van der Waals surface area contributed by atoms with E-state index in [0.29, 0.717) is 15.6 Å². The summed E-state index contributed by atoms with van der Waals surface area (Å²) >= 11 is 1.10. The molecule has 0 saturated heterocycles. The number of methoxy groups -OCH3 is 1. The average molecular weight is 456 g/mol. The maximum absolute atomic E-state index is 14.3. The highest BCUT2D eigenvalue weighted by atomic mass is 32.1. The molecule has 32 heavy (non-hydrogen) atoms. The van der Waals surface area contributed by atoms with Crippen molar-refractivity contribution in [1.82, 2.24) is 15.5 Å². The molecule has 4 rings (SSSR count). The fourth-order valence-corrected chi connectivity index (χ4v) is 4.54. The van der Waals surface area contributed by atoms with Crippen LogP contribution < -0.4 is 21.8 Å². The molecular formula is C21H17FN4O5S. The first-order valence-corrected chi connectivity index (χ1v) is 10.2. The van der Waals surface area contributed by atoms with E-state index in [1.165, 1.54) is 31.4 Å². The quantitative estimate of drug-likeness (QED) is 0.353. The Morgan fingerprint density at radius 3 is 2.59 bits per heavy atom. The Bertz CT molecular complexity index is 1470. The van der Waals surface area contributed by atoms with Crippen LogP contribution in [0, 0.1) is 5.82 Å². The van der Waals surface area contributed by atoms with E-state index in [9.17, 15) is 23.6 Å². The number of hydrogen-bond acceptors (Lipinski definition) is 6. The number of rotatable bonds is 6. The largest absolute Gasteiger partial charge is 0.380 e. The molecule has 0 spiro atoms. The monoisotopic (exact) mass is 456 g/mol. The van der Waals surface area contributed by atoms with E-state index in [0.717, 1.165) is 11.3 Å². The normalized spacial score (nSPS) is 11.1. The molecule has 9 nitrogen and oxygen atoms in total. The van der Waals surface area contributed by atoms with E-state index < -0.39 is 35.3 Å². The van der Waals surface area contributed by atoms with Crippen LogP contribution in [-0.4, -0.2) is 35.7 Å². The van der Waals surface area contributed by atoms with Crippen molar-refractivity contribution in [2.24, 2.45) is 0 Å². The highest BCUT2D eigenvalue weighted by molar-refractivity contribution is 7.21. The number of carbonyl (C=O) groups is 2. The Morgan fingerprint density at radius 1 is 1.06 bits per heavy atom. The summed E-state index contributed by atoms with van der Waals surface area (Å²) in [4.78, 5) is 49.4. The Morgan fingerprint density at radius 2 is 1.81 bits per heavy atom. The molecule has 0 radical (unpaired) electrons. The van der Waals surface area contributed by atoms with Gasteiger partial charge in [-0.05, 0) is 24.3 Å². The number of benzene rings is 2. The smallest absolute Gasteiger partial charge is 0.272 e. The third-order valence-electron chi connectivity index (χ3n) is 4.77. The van der Waals surface area contributed by atoms with Crippen molar-refractivity contribution in [1.29, 1.82) is 0 Å². The van der Waals surface area contributed by atoms with E-state index in [1.807, 2.05) is 0 Å². The Kier molecular flexibility index (Phi) is 5.84. The van der Waals surface area contributed by atoms with Crippen molar-refractivity contribution in [3.05, 3.63) is 73.4 Å². The summed E-state index contributed by atoms with van der Waals surface area (Å²) in [6.45, 7) is -0.372. The zero-order valence-electron chi connectivity index (χ0n) is 16.7. The summed E-state index contributed by atoms with van der Waals surface area (Å²) in [5.74, 6) is -1.62. The molecule has 11 heteroatoms. The third kappa shape index (κ3) is 3.90. The minimum absolute atomic E-state index is 0.0262. The molecule has 2 aromatic heterocycles. The third-order valence-corrected chi connectivity index (χ3v) is 5.96. The maximum Gasteiger partial charge on any atom is 0.272 e. The second-order valence-electron chi connectivity index (χ2n) is 6.82. The molecule has 0 fully saturated rings. The lowest BCUT2D eigenvalue weighted by molar-refractivity contribution is -0.115. The number of ether oxygens (including phenoxy) is 1. The van der Waals surface area contributed by atoms with Gasteiger partial charge in [-0.3, -0.25) is 29.4 Å². The summed E-state index contributed by atoms with van der Waals surface area (Å²) in [6.07, 6.45) is 0. The highest BCUT2D eigenvalue weighted by Crippen LogP contribution is 2.33. The molecule has 2 amide bonds. The number of anilines is 1. The van der Waals surface area contributed by atoms with Crippen LogP contribution in [0.3, 0.4) is 0 Å². The molecule has 0 aliphatic carbocycles. The van der Waals surface area contributed by atoms with Gasteiger partial charge >= 0.3 is 0 Å². The number of fused-ring (bicyclic) bond motifs is 2. The van der Waals surface area contributed by atoms with Crippen LogP contribution in [0.15, 0.2) is 46.0 Å². The molecule has 4 aromatic rings. The first-order valence-electron chi connectivity index (χ1n) is 9.41. The van der Waals surface area contributed by atoms with Gasteiger partial charge in [0.15, 0.2) is 0 Å². The minimum Gasteiger partial charge on any atom is -0.380 e. The average Bonchev–Trinajstić information content (AvgIpc) is 3.15. The fourth-order valence-electron chi connectivity index (χ4n) is 3.40. The van der Waals surface area contributed by atoms with Crippen molar-refractivity contribution in [2.75, 3.05) is 19.0 Å². The molecule has 4 N–H and O–H groups in total. The second-order valence-corrected chi connectivity index (χ2v) is 7.88. The summed E-state index contributed by atoms with van der Waals surface area (Å²) in [6, 6.07) is 9.01. The van der Waals surface area contributed by atoms with Crippen LogP contribution in [0.5, 0.6) is 0 Å². The van der Waals surface area contributed by atoms with Crippen LogP contribution in [0.1, 0.15) is 15.2 Å². The van der Waals surface area contributed by atoms with Crippen molar-refractivity contribution in [2.45, 2.75) is 6.61 Å². The Balaban J connectivity index is 1.54. The van der Waals surface area contributed by atoms with Gasteiger partial charge in [0.25, 0.3) is 17.0 Å². The van der Waals surface area contributed by atoms with Gasteiger partial charge in [0.2, 0.25) is 5.91 Å². The van der Waals surface area contributed by atoms with Crippen LogP contribution in [-0.2, 0) is 16.1 Å². The van der Waals surface area contributed by atoms with Crippen LogP contribution in [0.25, 0.3) is 20.9 Å². The van der Waals surface area contributed by atoms with Gasteiger partial charge in [0.1, 0.15) is 5.82 Å². The van der Waals surface area contributed by atoms with Crippen molar-refractivity contribution < 1.29 is 18.7 Å². The molecule has 164 valence electrons. The van der Waals surface area contributed by atoms with E-state index in [1.54, 1.807) is 12.1 Å². The predicted octanol–water partition coefficient (Wildman–Crippen LogP) is 2.09. The van der Waals surface area contributed by atoms with Gasteiger partial charge in [0, 0.05) is 22.8 Å². The summed E-state index contributed by atoms with van der Waals surface area (Å²) < 4.78 is 20.0. The number of aromatic amines is 2. The molecule has 0 unspecified atom stereocenters. The summed E-state index contributed by atoms with van der Waals surface area (Å²) in [5, 5.41) is 9.91. The van der Waals surface area contributed by atoms with Gasteiger partial charge in [-0.1, -0.05) is 12.1 Å². The molecule has 0 atom stereocenters. The number of nitrogens with one attached hydrogen (secondary N) is 4. The van der Waals surface area contributed by atoms with Gasteiger partial charge in [-0.2, -0.15) is 0 Å². The Labute approximate surface area is 183 Å². The van der Waals surface area contributed by atoms with Gasteiger partial charge in [0.05, 0.1) is 34.5 Å². The number of hydrogen-bond donors (Lipinski definition) is 4. The first kappa shape index (κ1) is 21.4. The minimum atomic E-state index is -0.605. The number of H-pyrrole nitrogens is 2. The summed E-state index contributed by atoms with van der Waals surface area (Å²) in [7, 11) is 1.44. The number of carbonyl (C=O) groups excluding carboxylic acids is 2. The lowest BCUT2D eigenvalue weighted by Crippen LogP contribution is -2.33. The molecule has 0 saturated carbocycles. The van der Waals surface area contributed by atoms with Crippen LogP contribution in [0.2, 0.25) is 0 Å². The van der Waals surface area contributed by atoms with Gasteiger partial charge in [-0.15, -0.1) is 11.3 Å². The maximum atomic E-state index is 14.3. The zero-order valence-corrected chi connectivity index (χ0v) is 17.5. The number of thiophene rings is 1. The molecule has 0 aliphatic heterocycles. The van der Waals surface area contributed by atoms with Crippen molar-refractivity contribution in [3.63, 3.8) is 0 Å². The first-order chi connectivity index (χ1) is 15.4. The number of halogens is 1. The fraction of sp³-hybridized carbons (Fsp3) is 0.143. The predicted molar refractivity (Wildman–Crippen MR) is 119 cm³/mol. The summed E-state index contributed by atoms with van der Waals surface area (Å²) in [5.41, 5.74) is -0.538. The highest BCUT2D eigenvalue weighted by Gasteiger charge is 2.21. The number of aromatic nitrogens is 2. The van der Waals surface area contributed by atoms with E-state index in [2.05, 4.69) is 20.8 Å². The van der Waals surface area contributed by atoms with Gasteiger partial charge < -0.3 is 15.4 Å². The topological polar surface area (TPSA) is 133 Å². The molecule has 0 aliphatic rings. The van der Waals surface area contributed by atoms with Crippen molar-refractivity contribution >= 4 is 49.7 Å². The lowest BCUT2D eigenvalue weighted by Gasteiger charge is -2.09. The van der Waals surface area contributed by atoms with Crippen LogP contribution in [0.4, 0.5) is 10.1 Å². The van der Waals surface area contributed by atoms with Crippen LogP contribution >= 0.6 is 11.3 Å². The Hall–Kier alpha value is -3.83. The zero-order chi connectivity index (χ0) is 22.8. The standard InChI is InChI=1S/C21H17FN4O5S/c1-31-9-11-16-12(22)5-3-7-14(16)32-18(11)21(30)23-8-15(27)24-13-6-2-4-10-17(13)20(29)26-25-19(10)28/h2-7H,8-9H2,1H3,(H,23,30)(H,24,27)(H,25,28)(H,26,29). The van der Waals surface area contributed by atoms with Gasteiger partial charge in [-0.25, -0.2) is 4.39 Å². The van der Waals surface area contributed by atoms with E-state index in [-0.39, 0.29) is 27.9 Å². The SMILES string of the molecule is COCc1c(C(=O)NCC(=O)Nc2cccc3c(=O)[nH][nH]c(=O)c23)sc2cccc(F)c12. The van der Waals surface area contributed by atoms with E-state index in [4.69, 9.17) is 4.74 Å². The molecule has 0 bridgehead atoms. The molecule has 2 heterocycles. The van der Waals surface area contributed by atoms with E-state index >= 15 is 0 Å². The second kappa shape index (κ2) is 8.73. The molecule has 2 aromatic carbocycles.